The first-order chi connectivity index (χ1) is 7.76. The van der Waals surface area contributed by atoms with Crippen LogP contribution in [0, 0.1) is 0 Å². The van der Waals surface area contributed by atoms with E-state index in [4.69, 9.17) is 9.26 Å². The van der Waals surface area contributed by atoms with E-state index in [1.54, 1.807) is 0 Å². The highest BCUT2D eigenvalue weighted by Crippen LogP contribution is 1.97. The summed E-state index contributed by atoms with van der Waals surface area (Å²) < 4.78 is 9.93. The first-order valence-corrected chi connectivity index (χ1v) is 5.42. The van der Waals surface area contributed by atoms with Crippen LogP contribution in [0.15, 0.2) is 4.52 Å². The third-order valence-corrected chi connectivity index (χ3v) is 1.92. The maximum atomic E-state index is 11.2. The van der Waals surface area contributed by atoms with Crippen molar-refractivity contribution < 1.29 is 14.1 Å². The average Bonchev–Trinajstić information content (AvgIpc) is 2.74. The van der Waals surface area contributed by atoms with Gasteiger partial charge in [-0.1, -0.05) is 12.1 Å². The fourth-order valence-electron chi connectivity index (χ4n) is 1.09. The van der Waals surface area contributed by atoms with Crippen LogP contribution in [-0.4, -0.2) is 35.8 Å². The summed E-state index contributed by atoms with van der Waals surface area (Å²) >= 11 is 0. The predicted octanol–water partition coefficient (Wildman–Crippen LogP) is 0.327. The molecule has 1 aromatic rings. The van der Waals surface area contributed by atoms with Crippen LogP contribution in [0.3, 0.4) is 0 Å². The molecule has 1 aromatic heterocycles. The van der Waals surface area contributed by atoms with Gasteiger partial charge >= 0.3 is 0 Å². The average molecular weight is 227 g/mol. The van der Waals surface area contributed by atoms with Crippen LogP contribution >= 0.6 is 0 Å². The van der Waals surface area contributed by atoms with Crippen LogP contribution in [0.5, 0.6) is 0 Å². The summed E-state index contributed by atoms with van der Waals surface area (Å²) in [4.78, 5) is 15.3. The van der Waals surface area contributed by atoms with E-state index in [0.29, 0.717) is 31.3 Å². The van der Waals surface area contributed by atoms with E-state index in [-0.39, 0.29) is 12.5 Å². The molecule has 0 aromatic carbocycles. The van der Waals surface area contributed by atoms with Gasteiger partial charge in [0.1, 0.15) is 6.61 Å². The van der Waals surface area contributed by atoms with E-state index < -0.39 is 0 Å². The number of nitrogens with zero attached hydrogens (tertiary/aromatic N) is 2. The second-order valence-corrected chi connectivity index (χ2v) is 3.19. The molecule has 0 aliphatic carbocycles. The van der Waals surface area contributed by atoms with Crippen LogP contribution < -0.4 is 5.32 Å². The number of hydrogen-bond acceptors (Lipinski definition) is 5. The maximum absolute atomic E-state index is 11.2. The number of rotatable bonds is 7. The maximum Gasteiger partial charge on any atom is 0.246 e. The molecule has 0 fully saturated rings. The van der Waals surface area contributed by atoms with Gasteiger partial charge in [-0.15, -0.1) is 0 Å². The van der Waals surface area contributed by atoms with Crippen molar-refractivity contribution in [1.82, 2.24) is 15.5 Å². The summed E-state index contributed by atoms with van der Waals surface area (Å²) in [6.07, 6.45) is 1.30. The number of aryl methyl sites for hydroxylation is 1. The zero-order valence-electron chi connectivity index (χ0n) is 9.65. The lowest BCUT2D eigenvalue weighted by Crippen LogP contribution is -2.29. The topological polar surface area (TPSA) is 77.2 Å². The van der Waals surface area contributed by atoms with Gasteiger partial charge in [-0.3, -0.25) is 4.79 Å². The molecule has 0 aliphatic heterocycles. The number of carbonyl (C=O) groups is 1. The van der Waals surface area contributed by atoms with E-state index in [0.717, 1.165) is 6.42 Å². The minimum atomic E-state index is -0.128. The van der Waals surface area contributed by atoms with Crippen molar-refractivity contribution in [2.45, 2.75) is 26.7 Å². The number of amides is 1. The Morgan fingerprint density at radius 2 is 2.31 bits per heavy atom. The Labute approximate surface area is 94.4 Å². The van der Waals surface area contributed by atoms with Crippen LogP contribution in [0.2, 0.25) is 0 Å². The molecule has 0 aliphatic rings. The largest absolute Gasteiger partial charge is 0.372 e. The highest BCUT2D eigenvalue weighted by molar-refractivity contribution is 5.77. The normalized spacial score (nSPS) is 10.4. The van der Waals surface area contributed by atoms with Crippen molar-refractivity contribution in [2.75, 3.05) is 19.8 Å². The molecule has 0 unspecified atom stereocenters. The smallest absolute Gasteiger partial charge is 0.246 e. The number of nitrogens with one attached hydrogen (secondary N) is 1. The first kappa shape index (κ1) is 12.6. The Hall–Kier alpha value is -1.43. The molecule has 1 heterocycles. The van der Waals surface area contributed by atoms with E-state index in [1.807, 2.05) is 13.8 Å². The third kappa shape index (κ3) is 4.39. The summed E-state index contributed by atoms with van der Waals surface area (Å²) in [5.41, 5.74) is 0. The third-order valence-electron chi connectivity index (χ3n) is 1.92. The Morgan fingerprint density at radius 1 is 1.50 bits per heavy atom. The van der Waals surface area contributed by atoms with Crippen molar-refractivity contribution in [3.63, 3.8) is 0 Å². The highest BCUT2D eigenvalue weighted by atomic mass is 16.5. The van der Waals surface area contributed by atoms with E-state index >= 15 is 0 Å². The van der Waals surface area contributed by atoms with Gasteiger partial charge < -0.3 is 14.6 Å². The molecule has 1 amide bonds. The van der Waals surface area contributed by atoms with Gasteiger partial charge in [0.05, 0.1) is 0 Å². The highest BCUT2D eigenvalue weighted by Gasteiger charge is 2.05. The minimum Gasteiger partial charge on any atom is -0.372 e. The molecule has 0 saturated carbocycles. The van der Waals surface area contributed by atoms with Crippen LogP contribution in [-0.2, 0) is 22.4 Å². The molecule has 1 rings (SSSR count). The number of hydrogen-bond donors (Lipinski definition) is 1. The standard InChI is InChI=1S/C10H17N3O3/c1-3-8-12-10(16-13-8)5-6-11-9(14)7-15-4-2/h3-7H2,1-2H3,(H,11,14). The summed E-state index contributed by atoms with van der Waals surface area (Å²) in [7, 11) is 0. The van der Waals surface area contributed by atoms with Crippen molar-refractivity contribution in [3.05, 3.63) is 11.7 Å². The molecule has 90 valence electrons. The lowest BCUT2D eigenvalue weighted by molar-refractivity contribution is -0.125. The van der Waals surface area contributed by atoms with Crippen molar-refractivity contribution >= 4 is 5.91 Å². The fraction of sp³-hybridized carbons (Fsp3) is 0.700. The van der Waals surface area contributed by atoms with Crippen LogP contribution in [0.1, 0.15) is 25.6 Å². The van der Waals surface area contributed by atoms with Crippen molar-refractivity contribution in [2.24, 2.45) is 0 Å². The van der Waals surface area contributed by atoms with E-state index in [2.05, 4.69) is 15.5 Å². The molecule has 0 atom stereocenters. The zero-order chi connectivity index (χ0) is 11.8. The fourth-order valence-corrected chi connectivity index (χ4v) is 1.09. The first-order valence-electron chi connectivity index (χ1n) is 5.42. The second kappa shape index (κ2) is 6.95. The van der Waals surface area contributed by atoms with Crippen LogP contribution in [0.25, 0.3) is 0 Å². The molecule has 0 spiro atoms. The lowest BCUT2D eigenvalue weighted by Gasteiger charge is -2.02. The SMILES string of the molecule is CCOCC(=O)NCCc1nc(CC)no1. The summed E-state index contributed by atoms with van der Waals surface area (Å²) in [5.74, 6) is 1.11. The monoisotopic (exact) mass is 227 g/mol. The van der Waals surface area contributed by atoms with Gasteiger partial charge in [0.2, 0.25) is 11.8 Å². The predicted molar refractivity (Wildman–Crippen MR) is 56.9 cm³/mol. The molecule has 6 heteroatoms. The molecular weight excluding hydrogens is 210 g/mol. The molecule has 0 bridgehead atoms. The molecule has 16 heavy (non-hydrogen) atoms. The van der Waals surface area contributed by atoms with Gasteiger partial charge in [-0.05, 0) is 6.92 Å². The van der Waals surface area contributed by atoms with E-state index in [1.165, 1.54) is 0 Å². The number of carbonyl (C=O) groups excluding carboxylic acids is 1. The molecule has 0 radical (unpaired) electrons. The van der Waals surface area contributed by atoms with Gasteiger partial charge in [0.25, 0.3) is 0 Å². The Kier molecular flexibility index (Phi) is 5.49. The van der Waals surface area contributed by atoms with Crippen molar-refractivity contribution in [1.29, 1.82) is 0 Å². The number of aromatic nitrogens is 2. The van der Waals surface area contributed by atoms with Gasteiger partial charge in [0, 0.05) is 26.0 Å². The molecular formula is C10H17N3O3. The summed E-state index contributed by atoms with van der Waals surface area (Å²) in [5, 5.41) is 6.46. The molecule has 1 N–H and O–H groups in total. The van der Waals surface area contributed by atoms with Gasteiger partial charge in [0.15, 0.2) is 5.82 Å². The Balaban J connectivity index is 2.17. The van der Waals surface area contributed by atoms with Gasteiger partial charge in [-0.25, -0.2) is 0 Å². The summed E-state index contributed by atoms with van der Waals surface area (Å²) in [6, 6.07) is 0. The number of ether oxygens (including phenoxy) is 1. The van der Waals surface area contributed by atoms with Crippen molar-refractivity contribution in [3.8, 4) is 0 Å². The minimum absolute atomic E-state index is 0.0978. The Morgan fingerprint density at radius 3 is 2.94 bits per heavy atom. The summed E-state index contributed by atoms with van der Waals surface area (Å²) in [6.45, 7) is 4.92. The molecule has 0 saturated heterocycles. The quantitative estimate of drug-likeness (QED) is 0.726. The molecule has 6 nitrogen and oxygen atoms in total. The lowest BCUT2D eigenvalue weighted by atomic mass is 10.4. The second-order valence-electron chi connectivity index (χ2n) is 3.19. The Bertz CT molecular complexity index is 325. The van der Waals surface area contributed by atoms with E-state index in [9.17, 15) is 4.79 Å². The zero-order valence-corrected chi connectivity index (χ0v) is 9.65. The van der Waals surface area contributed by atoms with Crippen LogP contribution in [0.4, 0.5) is 0 Å². The van der Waals surface area contributed by atoms with Gasteiger partial charge in [-0.2, -0.15) is 4.98 Å².